The molecule has 2 saturated heterocycles. The standard InChI is InChI=1S/C25H29F4N3O3.C24H27F4N3O4/c1-14-10-20(32(15(14)2)23(34)35-24(3,4)5)21(33)9-7-17-11-16(6-8-19(17)26)18-12-30-22(31-13-18)25(27,28)29;1-13-20(33)10-18(31(13)22(34)35-23(2,3)4)19(32)8-6-15-9-14(5-7-17(15)25)16-11-29-21(30-12-16)24(26,27)28/h6,8,11-15,20H,7,9-10H2,1-5H3;5,7,9,11-13,18,20,33H,6,8,10H2,1-4H3/t14-,15-,20-;13-,18-,20-/m00/s1. The molecule has 6 atom stereocenters. The van der Waals surface area contributed by atoms with Crippen LogP contribution >= 0.6 is 0 Å². The van der Waals surface area contributed by atoms with Gasteiger partial charge < -0.3 is 14.6 Å². The van der Waals surface area contributed by atoms with Crippen LogP contribution in [0.25, 0.3) is 22.3 Å². The number of ether oxygens (including phenoxy) is 2. The lowest BCUT2D eigenvalue weighted by molar-refractivity contribution is -0.145. The SMILES string of the molecule is C[C@H]1C[C@@H](C(=O)CCc2cc(-c3cnc(C(F)(F)F)nc3)ccc2F)N(C(=O)OC(C)(C)C)[C@H]1C.C[C@H]1[C@@H](O)C[C@@H](C(=O)CCc2cc(-c3cnc(C(F)(F)F)nc3)ccc2F)N1C(=O)OC(C)(C)C. The summed E-state index contributed by atoms with van der Waals surface area (Å²) in [6, 6.07) is 5.65. The molecule has 0 saturated carbocycles. The van der Waals surface area contributed by atoms with Crippen LogP contribution in [0.2, 0.25) is 0 Å². The van der Waals surface area contributed by atoms with E-state index in [0.717, 1.165) is 30.9 Å². The van der Waals surface area contributed by atoms with Gasteiger partial charge in [-0.1, -0.05) is 19.1 Å². The first-order chi connectivity index (χ1) is 32.3. The van der Waals surface area contributed by atoms with E-state index in [9.17, 15) is 59.4 Å². The average molecular weight is 993 g/mol. The number of ketones is 2. The number of carbonyl (C=O) groups excluding carboxylic acids is 4. The molecule has 2 aliphatic rings. The largest absolute Gasteiger partial charge is 0.451 e. The Kier molecular flexibility index (Phi) is 16.8. The predicted octanol–water partition coefficient (Wildman–Crippen LogP) is 10.4. The number of likely N-dealkylation sites (tertiary alicyclic amines) is 2. The summed E-state index contributed by atoms with van der Waals surface area (Å²) in [5.41, 5.74) is 0.286. The minimum absolute atomic E-state index is 0.00666. The molecular formula is C49H56F8N6O7. The van der Waals surface area contributed by atoms with Gasteiger partial charge in [0, 0.05) is 61.2 Å². The van der Waals surface area contributed by atoms with E-state index in [-0.39, 0.29) is 72.3 Å². The zero-order valence-corrected chi connectivity index (χ0v) is 40.1. The van der Waals surface area contributed by atoms with E-state index in [1.807, 2.05) is 13.8 Å². The van der Waals surface area contributed by atoms with Crippen LogP contribution in [0.15, 0.2) is 61.2 Å². The molecule has 13 nitrogen and oxygen atoms in total. The number of Topliss-reactive ketones (excluding diaryl/α,β-unsaturated/α-hetero) is 2. The number of rotatable bonds is 10. The second-order valence-electron chi connectivity index (χ2n) is 19.4. The van der Waals surface area contributed by atoms with Crippen LogP contribution in [-0.4, -0.2) is 100 Å². The third-order valence-electron chi connectivity index (χ3n) is 11.8. The molecular weight excluding hydrogens is 937 g/mol. The number of amides is 2. The molecule has 21 heteroatoms. The van der Waals surface area contributed by atoms with Crippen LogP contribution in [-0.2, 0) is 44.3 Å². The van der Waals surface area contributed by atoms with Gasteiger partial charge in [0.2, 0.25) is 11.6 Å². The van der Waals surface area contributed by atoms with Gasteiger partial charge >= 0.3 is 24.5 Å². The van der Waals surface area contributed by atoms with Crippen LogP contribution < -0.4 is 0 Å². The quantitative estimate of drug-likeness (QED) is 0.150. The van der Waals surface area contributed by atoms with Gasteiger partial charge in [0.05, 0.1) is 24.2 Å². The van der Waals surface area contributed by atoms with Crippen molar-refractivity contribution in [1.82, 2.24) is 29.7 Å². The van der Waals surface area contributed by atoms with Crippen molar-refractivity contribution in [2.45, 2.75) is 155 Å². The summed E-state index contributed by atoms with van der Waals surface area (Å²) in [5, 5.41) is 10.3. The molecule has 0 radical (unpaired) electrons. The molecule has 0 unspecified atom stereocenters. The number of carbonyl (C=O) groups is 4. The molecule has 380 valence electrons. The van der Waals surface area contributed by atoms with Crippen molar-refractivity contribution < 1.29 is 68.9 Å². The zero-order chi connectivity index (χ0) is 52.3. The topological polar surface area (TPSA) is 165 Å². The highest BCUT2D eigenvalue weighted by Crippen LogP contribution is 2.34. The van der Waals surface area contributed by atoms with E-state index in [1.165, 1.54) is 40.1 Å². The summed E-state index contributed by atoms with van der Waals surface area (Å²) in [7, 11) is 0. The Hall–Kier alpha value is -6.12. The molecule has 4 aromatic rings. The van der Waals surface area contributed by atoms with Gasteiger partial charge in [0.25, 0.3) is 0 Å². The third kappa shape index (κ3) is 14.0. The lowest BCUT2D eigenvalue weighted by Crippen LogP contribution is -2.47. The highest BCUT2D eigenvalue weighted by Gasteiger charge is 2.46. The summed E-state index contributed by atoms with van der Waals surface area (Å²) in [6.07, 6.45) is -6.98. The van der Waals surface area contributed by atoms with Crippen molar-refractivity contribution in [3.8, 4) is 22.3 Å². The molecule has 2 aromatic carbocycles. The maximum Gasteiger partial charge on any atom is 0.451 e. The Morgan fingerprint density at radius 1 is 0.586 bits per heavy atom. The van der Waals surface area contributed by atoms with E-state index >= 15 is 0 Å². The van der Waals surface area contributed by atoms with Crippen molar-refractivity contribution >= 4 is 23.8 Å². The fourth-order valence-corrected chi connectivity index (χ4v) is 8.01. The maximum atomic E-state index is 14.5. The number of aliphatic hydroxyl groups excluding tert-OH is 1. The summed E-state index contributed by atoms with van der Waals surface area (Å²) in [6.45, 7) is 15.8. The smallest absolute Gasteiger partial charge is 0.444 e. The monoisotopic (exact) mass is 992 g/mol. The first kappa shape index (κ1) is 54.8. The molecule has 2 amide bonds. The molecule has 0 bridgehead atoms. The number of halogens is 8. The van der Waals surface area contributed by atoms with Crippen molar-refractivity contribution in [2.24, 2.45) is 5.92 Å². The third-order valence-corrected chi connectivity index (χ3v) is 11.8. The second kappa shape index (κ2) is 21.5. The summed E-state index contributed by atoms with van der Waals surface area (Å²) >= 11 is 0. The summed E-state index contributed by atoms with van der Waals surface area (Å²) < 4.78 is 116. The Labute approximate surface area is 400 Å². The summed E-state index contributed by atoms with van der Waals surface area (Å²) in [5.74, 6) is -4.13. The van der Waals surface area contributed by atoms with Crippen molar-refractivity contribution in [3.05, 3.63) is 95.6 Å². The highest BCUT2D eigenvalue weighted by atomic mass is 19.4. The van der Waals surface area contributed by atoms with E-state index in [4.69, 9.17) is 9.47 Å². The molecule has 2 aliphatic heterocycles. The Morgan fingerprint density at radius 3 is 1.30 bits per heavy atom. The fraction of sp³-hybridized carbons (Fsp3) is 0.510. The lowest BCUT2D eigenvalue weighted by atomic mass is 9.97. The van der Waals surface area contributed by atoms with Gasteiger partial charge in [-0.2, -0.15) is 26.3 Å². The molecule has 6 rings (SSSR count). The van der Waals surface area contributed by atoms with E-state index in [1.54, 1.807) is 48.5 Å². The predicted molar refractivity (Wildman–Crippen MR) is 239 cm³/mol. The molecule has 0 aliphatic carbocycles. The van der Waals surface area contributed by atoms with Crippen molar-refractivity contribution in [2.75, 3.05) is 0 Å². The van der Waals surface area contributed by atoms with Gasteiger partial charge in [0.1, 0.15) is 22.8 Å². The van der Waals surface area contributed by atoms with Crippen molar-refractivity contribution in [3.63, 3.8) is 0 Å². The highest BCUT2D eigenvalue weighted by molar-refractivity contribution is 5.89. The van der Waals surface area contributed by atoms with Gasteiger partial charge in [0.15, 0.2) is 11.6 Å². The van der Waals surface area contributed by atoms with Crippen LogP contribution in [0.4, 0.5) is 44.7 Å². The van der Waals surface area contributed by atoms with Gasteiger partial charge in [-0.15, -0.1) is 0 Å². The molecule has 1 N–H and O–H groups in total. The number of nitrogens with zero attached hydrogens (tertiary/aromatic N) is 6. The lowest BCUT2D eigenvalue weighted by Gasteiger charge is -2.31. The number of aryl methyl sites for hydroxylation is 2. The van der Waals surface area contributed by atoms with Crippen LogP contribution in [0.5, 0.6) is 0 Å². The molecule has 2 aromatic heterocycles. The van der Waals surface area contributed by atoms with Crippen LogP contribution in [0.3, 0.4) is 0 Å². The number of alkyl halides is 6. The van der Waals surface area contributed by atoms with Gasteiger partial charge in [-0.3, -0.25) is 19.4 Å². The Balaban J connectivity index is 0.000000261. The molecule has 2 fully saturated rings. The number of aromatic nitrogens is 4. The minimum atomic E-state index is -4.68. The van der Waals surface area contributed by atoms with Crippen LogP contribution in [0.1, 0.15) is 111 Å². The first-order valence-electron chi connectivity index (χ1n) is 22.5. The Morgan fingerprint density at radius 2 is 0.943 bits per heavy atom. The number of aliphatic hydroxyl groups is 1. The van der Waals surface area contributed by atoms with Gasteiger partial charge in [-0.05, 0) is 127 Å². The normalized spacial score (nSPS) is 20.7. The van der Waals surface area contributed by atoms with E-state index < -0.39 is 83.3 Å². The van der Waals surface area contributed by atoms with Crippen molar-refractivity contribution in [1.29, 1.82) is 0 Å². The van der Waals surface area contributed by atoms with Gasteiger partial charge in [-0.25, -0.2) is 38.3 Å². The molecule has 0 spiro atoms. The number of hydrogen-bond acceptors (Lipinski definition) is 11. The molecule has 4 heterocycles. The Bertz CT molecular complexity index is 2340. The zero-order valence-electron chi connectivity index (χ0n) is 40.1. The fourth-order valence-electron chi connectivity index (χ4n) is 8.01. The molecule has 70 heavy (non-hydrogen) atoms. The maximum absolute atomic E-state index is 14.5. The average Bonchev–Trinajstić information content (AvgIpc) is 3.74. The first-order valence-corrected chi connectivity index (χ1v) is 22.5. The number of hydrogen-bond donors (Lipinski definition) is 1. The number of benzene rings is 2. The summed E-state index contributed by atoms with van der Waals surface area (Å²) in [4.78, 5) is 67.5. The van der Waals surface area contributed by atoms with Crippen LogP contribution in [0, 0.1) is 17.6 Å². The minimum Gasteiger partial charge on any atom is -0.444 e. The van der Waals surface area contributed by atoms with E-state index in [2.05, 4.69) is 19.9 Å². The second-order valence-corrected chi connectivity index (χ2v) is 19.4. The van der Waals surface area contributed by atoms with E-state index in [0.29, 0.717) is 23.1 Å².